The highest BCUT2D eigenvalue weighted by Crippen LogP contribution is 2.21. The third-order valence-electron chi connectivity index (χ3n) is 4.52. The molecule has 6 nitrogen and oxygen atoms in total. The van der Waals surface area contributed by atoms with Gasteiger partial charge in [-0.15, -0.1) is 10.2 Å². The van der Waals surface area contributed by atoms with Gasteiger partial charge in [0, 0.05) is 36.6 Å². The number of hydrogen-bond donors (Lipinski definition) is 0. The van der Waals surface area contributed by atoms with E-state index < -0.39 is 0 Å². The molecular weight excluding hydrogens is 302 g/mol. The molecule has 1 unspecified atom stereocenters. The summed E-state index contributed by atoms with van der Waals surface area (Å²) in [5.41, 5.74) is 1.64. The molecule has 3 aromatic rings. The molecule has 122 valence electrons. The number of piperidine rings is 1. The second-order valence-corrected chi connectivity index (χ2v) is 6.39. The van der Waals surface area contributed by atoms with Crippen LogP contribution in [0.15, 0.2) is 42.7 Å². The zero-order valence-corrected chi connectivity index (χ0v) is 13.6. The van der Waals surface area contributed by atoms with Gasteiger partial charge in [0.25, 0.3) is 11.7 Å². The molecule has 6 heteroatoms. The molecule has 1 aliphatic rings. The fraction of sp³-hybridized carbons (Fsp3) is 0.333. The third kappa shape index (κ3) is 2.64. The fourth-order valence-electron chi connectivity index (χ4n) is 3.26. The Labute approximate surface area is 140 Å². The van der Waals surface area contributed by atoms with Crippen molar-refractivity contribution in [1.82, 2.24) is 24.5 Å². The lowest BCUT2D eigenvalue weighted by Crippen LogP contribution is -2.39. The molecule has 0 radical (unpaired) electrons. The summed E-state index contributed by atoms with van der Waals surface area (Å²) in [5, 5.41) is 8.26. The van der Waals surface area contributed by atoms with Crippen molar-refractivity contribution in [2.45, 2.75) is 19.8 Å². The van der Waals surface area contributed by atoms with Crippen molar-refractivity contribution in [2.75, 3.05) is 13.1 Å². The number of fused-ring (bicyclic) bond motifs is 1. The minimum atomic E-state index is 0.112. The fourth-order valence-corrected chi connectivity index (χ4v) is 3.26. The summed E-state index contributed by atoms with van der Waals surface area (Å²) in [4.78, 5) is 18.8. The second-order valence-electron chi connectivity index (χ2n) is 6.39. The first kappa shape index (κ1) is 14.8. The van der Waals surface area contributed by atoms with Crippen LogP contribution in [0, 0.1) is 5.92 Å². The smallest absolute Gasteiger partial charge is 0.255 e. The average molecular weight is 321 g/mol. The topological polar surface area (TPSA) is 63.4 Å². The van der Waals surface area contributed by atoms with Gasteiger partial charge >= 0.3 is 0 Å². The highest BCUT2D eigenvalue weighted by molar-refractivity contribution is 5.94. The first-order chi connectivity index (χ1) is 11.7. The van der Waals surface area contributed by atoms with Gasteiger partial charge in [-0.3, -0.25) is 9.20 Å². The van der Waals surface area contributed by atoms with Crippen LogP contribution in [0.25, 0.3) is 17.2 Å². The van der Waals surface area contributed by atoms with E-state index in [4.69, 9.17) is 0 Å². The van der Waals surface area contributed by atoms with Crippen LogP contribution in [0.5, 0.6) is 0 Å². The van der Waals surface area contributed by atoms with Crippen molar-refractivity contribution in [3.8, 4) is 11.4 Å². The van der Waals surface area contributed by atoms with E-state index in [0.717, 1.165) is 36.5 Å². The van der Waals surface area contributed by atoms with Gasteiger partial charge in [0.15, 0.2) is 5.82 Å². The lowest BCUT2D eigenvalue weighted by Gasteiger charge is -2.31. The van der Waals surface area contributed by atoms with E-state index in [1.807, 2.05) is 45.8 Å². The van der Waals surface area contributed by atoms with Crippen LogP contribution in [0.1, 0.15) is 30.1 Å². The number of nitrogens with zero attached hydrogens (tertiary/aromatic N) is 5. The van der Waals surface area contributed by atoms with Crippen molar-refractivity contribution >= 4 is 11.7 Å². The van der Waals surface area contributed by atoms with E-state index in [1.54, 1.807) is 6.20 Å². The van der Waals surface area contributed by atoms with Gasteiger partial charge in [0.2, 0.25) is 0 Å². The van der Waals surface area contributed by atoms with E-state index in [-0.39, 0.29) is 5.91 Å². The number of carbonyl (C=O) groups is 1. The molecule has 1 saturated heterocycles. The van der Waals surface area contributed by atoms with Crippen LogP contribution in [-0.2, 0) is 0 Å². The molecule has 2 aromatic heterocycles. The standard InChI is InChI=1S/C18H19N5O/c1-13-4-2-10-22(12-13)17(24)15-7-5-14(6-8-15)16-20-21-18-19-9-3-11-23(16)18/h3,5-9,11,13H,2,4,10,12H2,1H3. The van der Waals surface area contributed by atoms with E-state index in [2.05, 4.69) is 22.1 Å². The third-order valence-corrected chi connectivity index (χ3v) is 4.52. The van der Waals surface area contributed by atoms with Crippen molar-refractivity contribution in [3.05, 3.63) is 48.3 Å². The zero-order chi connectivity index (χ0) is 16.5. The summed E-state index contributed by atoms with van der Waals surface area (Å²) in [6.45, 7) is 3.90. The predicted molar refractivity (Wildman–Crippen MR) is 90.5 cm³/mol. The van der Waals surface area contributed by atoms with Crippen molar-refractivity contribution in [2.24, 2.45) is 5.92 Å². The van der Waals surface area contributed by atoms with Crippen LogP contribution in [0.4, 0.5) is 0 Å². The normalized spacial score (nSPS) is 18.0. The van der Waals surface area contributed by atoms with Crippen LogP contribution in [0.3, 0.4) is 0 Å². The van der Waals surface area contributed by atoms with Crippen LogP contribution in [0.2, 0.25) is 0 Å². The van der Waals surface area contributed by atoms with E-state index >= 15 is 0 Å². The average Bonchev–Trinajstić information content (AvgIpc) is 3.05. The molecule has 3 heterocycles. The summed E-state index contributed by atoms with van der Waals surface area (Å²) in [6.07, 6.45) is 5.86. The highest BCUT2D eigenvalue weighted by atomic mass is 16.2. The Morgan fingerprint density at radius 2 is 2.04 bits per heavy atom. The van der Waals surface area contributed by atoms with Gasteiger partial charge in [-0.05, 0) is 37.0 Å². The summed E-state index contributed by atoms with van der Waals surface area (Å²) in [6, 6.07) is 9.42. The highest BCUT2D eigenvalue weighted by Gasteiger charge is 2.22. The van der Waals surface area contributed by atoms with Crippen molar-refractivity contribution < 1.29 is 4.79 Å². The Morgan fingerprint density at radius 3 is 2.83 bits per heavy atom. The number of likely N-dealkylation sites (tertiary alicyclic amines) is 1. The number of hydrogen-bond acceptors (Lipinski definition) is 4. The Bertz CT molecular complexity index is 871. The second kappa shape index (κ2) is 6.03. The number of carbonyl (C=O) groups excluding carboxylic acids is 1. The molecule has 0 saturated carbocycles. The molecule has 0 N–H and O–H groups in total. The number of aromatic nitrogens is 4. The maximum absolute atomic E-state index is 12.6. The minimum Gasteiger partial charge on any atom is -0.338 e. The summed E-state index contributed by atoms with van der Waals surface area (Å²) >= 11 is 0. The van der Waals surface area contributed by atoms with E-state index in [9.17, 15) is 4.79 Å². The maximum Gasteiger partial charge on any atom is 0.255 e. The molecule has 0 bridgehead atoms. The summed E-state index contributed by atoms with van der Waals surface area (Å²) < 4.78 is 1.84. The minimum absolute atomic E-state index is 0.112. The SMILES string of the molecule is CC1CCCN(C(=O)c2ccc(-c3nnc4ncccn34)cc2)C1. The first-order valence-electron chi connectivity index (χ1n) is 8.28. The maximum atomic E-state index is 12.6. The van der Waals surface area contributed by atoms with Gasteiger partial charge in [0.1, 0.15) is 0 Å². The molecule has 0 spiro atoms. The number of rotatable bonds is 2. The van der Waals surface area contributed by atoms with Crippen LogP contribution >= 0.6 is 0 Å². The molecule has 1 fully saturated rings. The lowest BCUT2D eigenvalue weighted by atomic mass is 9.99. The number of benzene rings is 1. The molecule has 1 aliphatic heterocycles. The predicted octanol–water partition coefficient (Wildman–Crippen LogP) is 2.66. The molecule has 1 aromatic carbocycles. The Hall–Kier alpha value is -2.76. The zero-order valence-electron chi connectivity index (χ0n) is 13.6. The summed E-state index contributed by atoms with van der Waals surface area (Å²) in [5.74, 6) is 1.98. The molecule has 0 aliphatic carbocycles. The van der Waals surface area contributed by atoms with E-state index in [1.165, 1.54) is 6.42 Å². The van der Waals surface area contributed by atoms with Gasteiger partial charge in [-0.25, -0.2) is 4.98 Å². The van der Waals surface area contributed by atoms with Gasteiger partial charge in [-0.1, -0.05) is 19.1 Å². The summed E-state index contributed by atoms with van der Waals surface area (Å²) in [7, 11) is 0. The van der Waals surface area contributed by atoms with Crippen molar-refractivity contribution in [1.29, 1.82) is 0 Å². The quantitative estimate of drug-likeness (QED) is 0.728. The molecular formula is C18H19N5O. The largest absolute Gasteiger partial charge is 0.338 e. The van der Waals surface area contributed by atoms with Crippen molar-refractivity contribution in [3.63, 3.8) is 0 Å². The van der Waals surface area contributed by atoms with Gasteiger partial charge in [-0.2, -0.15) is 0 Å². The lowest BCUT2D eigenvalue weighted by molar-refractivity contribution is 0.0683. The van der Waals surface area contributed by atoms with Gasteiger partial charge in [0.05, 0.1) is 0 Å². The van der Waals surface area contributed by atoms with Gasteiger partial charge < -0.3 is 4.90 Å². The first-order valence-corrected chi connectivity index (χ1v) is 8.28. The molecule has 4 rings (SSSR count). The Balaban J connectivity index is 1.59. The molecule has 1 atom stereocenters. The molecule has 1 amide bonds. The monoisotopic (exact) mass is 321 g/mol. The van der Waals surface area contributed by atoms with Crippen LogP contribution < -0.4 is 0 Å². The Morgan fingerprint density at radius 1 is 1.21 bits per heavy atom. The number of amides is 1. The molecule has 24 heavy (non-hydrogen) atoms. The van der Waals surface area contributed by atoms with E-state index in [0.29, 0.717) is 11.7 Å². The van der Waals surface area contributed by atoms with Crippen LogP contribution in [-0.4, -0.2) is 43.5 Å². The Kier molecular flexibility index (Phi) is 3.72.